The first kappa shape index (κ1) is 11.4. The quantitative estimate of drug-likeness (QED) is 0.791. The highest BCUT2D eigenvalue weighted by Crippen LogP contribution is 2.18. The molecule has 2 aromatic rings. The maximum Gasteiger partial charge on any atom is 0.223 e. The van der Waals surface area contributed by atoms with E-state index < -0.39 is 0 Å². The van der Waals surface area contributed by atoms with Crippen molar-refractivity contribution in [2.24, 2.45) is 0 Å². The molecule has 0 aliphatic rings. The Morgan fingerprint density at radius 1 is 1.47 bits per heavy atom. The lowest BCUT2D eigenvalue weighted by Gasteiger charge is -2.07. The number of nitrogen functional groups attached to an aromatic ring is 1. The molecule has 2 rings (SSSR count). The molecule has 0 spiro atoms. The Morgan fingerprint density at radius 2 is 2.29 bits per heavy atom. The number of anilines is 2. The highest BCUT2D eigenvalue weighted by atomic mass is 19.1. The van der Waals surface area contributed by atoms with Crippen LogP contribution in [0.3, 0.4) is 0 Å². The Labute approximate surface area is 97.8 Å². The zero-order valence-electron chi connectivity index (χ0n) is 9.40. The molecule has 0 bridgehead atoms. The van der Waals surface area contributed by atoms with Gasteiger partial charge in [-0.05, 0) is 18.2 Å². The first-order chi connectivity index (χ1) is 8.15. The van der Waals surface area contributed by atoms with Gasteiger partial charge in [-0.25, -0.2) is 4.39 Å². The van der Waals surface area contributed by atoms with Crippen molar-refractivity contribution < 1.29 is 8.91 Å². The molecule has 0 aliphatic carbocycles. The Kier molecular flexibility index (Phi) is 3.22. The Hall–Kier alpha value is -2.11. The average molecular weight is 236 g/mol. The van der Waals surface area contributed by atoms with E-state index in [1.807, 2.05) is 0 Å². The largest absolute Gasteiger partial charge is 0.397 e. The van der Waals surface area contributed by atoms with Crippen molar-refractivity contribution >= 4 is 11.4 Å². The standard InChI is InChI=1S/C11H13FN4O/c1-7-15-11(16-17-7)4-5-14-10-6-8(12)2-3-9(10)13/h2-3,6,14H,4-5,13H2,1H3. The second-order valence-electron chi connectivity index (χ2n) is 3.64. The van der Waals surface area contributed by atoms with Crippen molar-refractivity contribution in [2.45, 2.75) is 13.3 Å². The predicted octanol–water partition coefficient (Wildman–Crippen LogP) is 1.75. The molecule has 1 aromatic heterocycles. The first-order valence-corrected chi connectivity index (χ1v) is 5.23. The van der Waals surface area contributed by atoms with Gasteiger partial charge in [0.15, 0.2) is 5.82 Å². The number of nitrogens with two attached hydrogens (primary N) is 1. The molecule has 0 fully saturated rings. The van der Waals surface area contributed by atoms with Gasteiger partial charge in [-0.15, -0.1) is 0 Å². The fourth-order valence-electron chi connectivity index (χ4n) is 1.43. The van der Waals surface area contributed by atoms with Crippen molar-refractivity contribution in [1.82, 2.24) is 10.1 Å². The van der Waals surface area contributed by atoms with Gasteiger partial charge in [-0.1, -0.05) is 5.16 Å². The maximum absolute atomic E-state index is 13.0. The van der Waals surface area contributed by atoms with Crippen molar-refractivity contribution in [1.29, 1.82) is 0 Å². The van der Waals surface area contributed by atoms with Crippen LogP contribution in [0, 0.1) is 12.7 Å². The summed E-state index contributed by atoms with van der Waals surface area (Å²) in [4.78, 5) is 4.06. The van der Waals surface area contributed by atoms with Crippen molar-refractivity contribution in [2.75, 3.05) is 17.6 Å². The van der Waals surface area contributed by atoms with Crippen LogP contribution in [0.4, 0.5) is 15.8 Å². The molecule has 6 heteroatoms. The minimum atomic E-state index is -0.322. The fraction of sp³-hybridized carbons (Fsp3) is 0.273. The average Bonchev–Trinajstić information content (AvgIpc) is 2.69. The Bertz CT molecular complexity index is 512. The van der Waals surface area contributed by atoms with Crippen molar-refractivity contribution in [3.63, 3.8) is 0 Å². The van der Waals surface area contributed by atoms with E-state index in [4.69, 9.17) is 10.3 Å². The number of hydrogen-bond acceptors (Lipinski definition) is 5. The fourth-order valence-corrected chi connectivity index (χ4v) is 1.43. The second-order valence-corrected chi connectivity index (χ2v) is 3.64. The number of halogens is 1. The summed E-state index contributed by atoms with van der Waals surface area (Å²) in [6, 6.07) is 4.20. The van der Waals surface area contributed by atoms with Crippen LogP contribution in [0.1, 0.15) is 11.7 Å². The Morgan fingerprint density at radius 3 is 3.00 bits per heavy atom. The number of aryl methyl sites for hydroxylation is 1. The van der Waals surface area contributed by atoms with E-state index in [-0.39, 0.29) is 5.82 Å². The summed E-state index contributed by atoms with van der Waals surface area (Å²) in [5.74, 6) is 0.826. The Balaban J connectivity index is 1.91. The van der Waals surface area contributed by atoms with Crippen LogP contribution < -0.4 is 11.1 Å². The molecule has 0 amide bonds. The molecule has 0 saturated heterocycles. The topological polar surface area (TPSA) is 77.0 Å². The van der Waals surface area contributed by atoms with E-state index in [2.05, 4.69) is 15.5 Å². The lowest BCUT2D eigenvalue weighted by atomic mass is 10.2. The van der Waals surface area contributed by atoms with Crippen LogP contribution in [-0.4, -0.2) is 16.7 Å². The van der Waals surface area contributed by atoms with Gasteiger partial charge < -0.3 is 15.6 Å². The van der Waals surface area contributed by atoms with E-state index in [9.17, 15) is 4.39 Å². The lowest BCUT2D eigenvalue weighted by molar-refractivity contribution is 0.387. The van der Waals surface area contributed by atoms with Gasteiger partial charge in [0.25, 0.3) is 0 Å². The third-order valence-electron chi connectivity index (χ3n) is 2.25. The van der Waals surface area contributed by atoms with Crippen molar-refractivity contribution in [3.8, 4) is 0 Å². The van der Waals surface area contributed by atoms with Gasteiger partial charge in [0.2, 0.25) is 5.89 Å². The molecule has 0 unspecified atom stereocenters. The van der Waals surface area contributed by atoms with E-state index in [1.54, 1.807) is 6.92 Å². The van der Waals surface area contributed by atoms with Gasteiger partial charge in [0.05, 0.1) is 11.4 Å². The van der Waals surface area contributed by atoms with E-state index in [0.29, 0.717) is 36.1 Å². The zero-order chi connectivity index (χ0) is 12.3. The number of benzene rings is 1. The summed E-state index contributed by atoms with van der Waals surface area (Å²) in [5, 5.41) is 6.78. The summed E-state index contributed by atoms with van der Waals surface area (Å²) in [5.41, 5.74) is 6.78. The van der Waals surface area contributed by atoms with Crippen LogP contribution in [-0.2, 0) is 6.42 Å². The third kappa shape index (κ3) is 2.93. The first-order valence-electron chi connectivity index (χ1n) is 5.23. The highest BCUT2D eigenvalue weighted by Gasteiger charge is 2.03. The molecule has 0 aliphatic heterocycles. The van der Waals surface area contributed by atoms with Gasteiger partial charge in [0, 0.05) is 19.9 Å². The molecular weight excluding hydrogens is 223 g/mol. The number of rotatable bonds is 4. The van der Waals surface area contributed by atoms with Gasteiger partial charge in [-0.2, -0.15) is 4.98 Å². The lowest BCUT2D eigenvalue weighted by Crippen LogP contribution is -2.08. The molecule has 90 valence electrons. The normalized spacial score (nSPS) is 10.5. The number of nitrogens with zero attached hydrogens (tertiary/aromatic N) is 2. The molecule has 0 atom stereocenters. The van der Waals surface area contributed by atoms with Gasteiger partial charge in [0.1, 0.15) is 5.82 Å². The van der Waals surface area contributed by atoms with Crippen LogP contribution in [0.25, 0.3) is 0 Å². The van der Waals surface area contributed by atoms with E-state index >= 15 is 0 Å². The summed E-state index contributed by atoms with van der Waals surface area (Å²) in [7, 11) is 0. The SMILES string of the molecule is Cc1nc(CCNc2cc(F)ccc2N)no1. The van der Waals surface area contributed by atoms with E-state index in [1.165, 1.54) is 18.2 Å². The molecule has 5 nitrogen and oxygen atoms in total. The summed E-state index contributed by atoms with van der Waals surface area (Å²) < 4.78 is 17.8. The molecular formula is C11H13FN4O. The summed E-state index contributed by atoms with van der Waals surface area (Å²) in [6.07, 6.45) is 0.591. The predicted molar refractivity (Wildman–Crippen MR) is 62.0 cm³/mol. The molecule has 0 saturated carbocycles. The van der Waals surface area contributed by atoms with Crippen molar-refractivity contribution in [3.05, 3.63) is 35.7 Å². The molecule has 17 heavy (non-hydrogen) atoms. The van der Waals surface area contributed by atoms with Gasteiger partial charge >= 0.3 is 0 Å². The van der Waals surface area contributed by atoms with Crippen LogP contribution in [0.15, 0.2) is 22.7 Å². The van der Waals surface area contributed by atoms with Gasteiger partial charge in [-0.3, -0.25) is 0 Å². The molecule has 1 heterocycles. The minimum Gasteiger partial charge on any atom is -0.397 e. The number of nitrogens with one attached hydrogen (secondary N) is 1. The second kappa shape index (κ2) is 4.82. The summed E-state index contributed by atoms with van der Waals surface area (Å²) in [6.45, 7) is 2.29. The molecule has 1 aromatic carbocycles. The minimum absolute atomic E-state index is 0.322. The van der Waals surface area contributed by atoms with Crippen LogP contribution >= 0.6 is 0 Å². The molecule has 0 radical (unpaired) electrons. The smallest absolute Gasteiger partial charge is 0.223 e. The van der Waals surface area contributed by atoms with Crippen LogP contribution in [0.5, 0.6) is 0 Å². The highest BCUT2D eigenvalue weighted by molar-refractivity contribution is 5.65. The van der Waals surface area contributed by atoms with Crippen LogP contribution in [0.2, 0.25) is 0 Å². The number of hydrogen-bond donors (Lipinski definition) is 2. The number of aromatic nitrogens is 2. The maximum atomic E-state index is 13.0. The van der Waals surface area contributed by atoms with E-state index in [0.717, 1.165) is 0 Å². The zero-order valence-corrected chi connectivity index (χ0v) is 9.40. The third-order valence-corrected chi connectivity index (χ3v) is 2.25. The monoisotopic (exact) mass is 236 g/mol. The summed E-state index contributed by atoms with van der Waals surface area (Å²) >= 11 is 0. The molecule has 3 N–H and O–H groups in total.